The fraction of sp³-hybridized carbons (Fsp3) is 0.400. The van der Waals surface area contributed by atoms with Crippen molar-refractivity contribution in [2.24, 2.45) is 5.73 Å². The number of carbonyl (C=O) groups excluding carboxylic acids is 3. The van der Waals surface area contributed by atoms with Crippen LogP contribution in [0.5, 0.6) is 0 Å². The zero-order valence-electron chi connectivity index (χ0n) is 20.2. The number of amides is 2. The average molecular weight is 544 g/mol. The number of esters is 1. The highest BCUT2D eigenvalue weighted by Gasteiger charge is 2.30. The van der Waals surface area contributed by atoms with Gasteiger partial charge in [0.15, 0.2) is 6.04 Å². The van der Waals surface area contributed by atoms with Gasteiger partial charge in [0.2, 0.25) is 11.8 Å². The van der Waals surface area contributed by atoms with E-state index >= 15 is 0 Å². The third kappa shape index (κ3) is 11.7. The van der Waals surface area contributed by atoms with Crippen molar-refractivity contribution in [3.8, 4) is 0 Å². The van der Waals surface area contributed by atoms with Gasteiger partial charge in [0, 0.05) is 0 Å². The number of nitrogens with one attached hydrogen (secondary N) is 2. The van der Waals surface area contributed by atoms with Crippen molar-refractivity contribution in [3.05, 3.63) is 71.8 Å². The van der Waals surface area contributed by atoms with Crippen molar-refractivity contribution in [1.29, 1.82) is 0 Å². The molecule has 2 rings (SSSR count). The maximum Gasteiger partial charge on any atom is 0.345 e. The smallest absolute Gasteiger partial charge is 0.345 e. The van der Waals surface area contributed by atoms with Crippen molar-refractivity contribution >= 4 is 17.8 Å². The van der Waals surface area contributed by atoms with E-state index in [0.29, 0.717) is 12.0 Å². The number of rotatable bonds is 16. The van der Waals surface area contributed by atoms with E-state index in [-0.39, 0.29) is 13.0 Å². The van der Waals surface area contributed by atoms with E-state index < -0.39 is 62.3 Å². The fourth-order valence-electron chi connectivity index (χ4n) is 3.17. The van der Waals surface area contributed by atoms with Crippen LogP contribution in [-0.4, -0.2) is 62.3 Å². The number of ether oxygens (including phenoxy) is 3. The molecule has 2 aromatic rings. The predicted molar refractivity (Wildman–Crippen MR) is 127 cm³/mol. The standard InChI is InChI=1S/C25H29F4N3O6/c26-24(27)37-14-19(31-21(33)18(30)12-11-16-7-3-1-4-8-16)22(34)32-20(15-38-25(28)29)23(35)36-13-17-9-5-2-6-10-17/h1-10,18-20,24-25H,11-15,30H2,(H,31,33)(H,32,34)/t18-,19-,20-/m0/s1. The Hall–Kier alpha value is -3.55. The summed E-state index contributed by atoms with van der Waals surface area (Å²) in [5, 5.41) is 4.28. The molecule has 0 saturated heterocycles. The topological polar surface area (TPSA) is 129 Å². The Morgan fingerprint density at radius 2 is 1.24 bits per heavy atom. The maximum atomic E-state index is 12.8. The van der Waals surface area contributed by atoms with Gasteiger partial charge in [-0.05, 0) is 24.0 Å². The number of halogens is 4. The van der Waals surface area contributed by atoms with Crippen LogP contribution in [-0.2, 0) is 41.6 Å². The molecule has 13 heteroatoms. The van der Waals surface area contributed by atoms with Crippen LogP contribution in [0.2, 0.25) is 0 Å². The van der Waals surface area contributed by atoms with Crippen molar-refractivity contribution in [2.75, 3.05) is 13.2 Å². The molecule has 0 fully saturated rings. The van der Waals surface area contributed by atoms with Crippen LogP contribution in [0, 0.1) is 0 Å². The molecule has 9 nitrogen and oxygen atoms in total. The molecule has 0 aromatic heterocycles. The second-order valence-electron chi connectivity index (χ2n) is 8.03. The van der Waals surface area contributed by atoms with E-state index in [2.05, 4.69) is 20.1 Å². The maximum absolute atomic E-state index is 12.8. The molecule has 2 amide bonds. The third-order valence-electron chi connectivity index (χ3n) is 5.16. The molecule has 0 heterocycles. The summed E-state index contributed by atoms with van der Waals surface area (Å²) < 4.78 is 63.9. The highest BCUT2D eigenvalue weighted by molar-refractivity contribution is 5.92. The van der Waals surface area contributed by atoms with Crippen LogP contribution in [0.1, 0.15) is 17.5 Å². The highest BCUT2D eigenvalue weighted by Crippen LogP contribution is 2.07. The zero-order valence-corrected chi connectivity index (χ0v) is 20.2. The number of carbonyl (C=O) groups is 3. The van der Waals surface area contributed by atoms with E-state index in [9.17, 15) is 31.9 Å². The molecular formula is C25H29F4N3O6. The lowest BCUT2D eigenvalue weighted by molar-refractivity contribution is -0.163. The van der Waals surface area contributed by atoms with Crippen molar-refractivity contribution in [2.45, 2.75) is 50.8 Å². The summed E-state index contributed by atoms with van der Waals surface area (Å²) in [6, 6.07) is 12.9. The van der Waals surface area contributed by atoms with Crippen LogP contribution < -0.4 is 16.4 Å². The van der Waals surface area contributed by atoms with Crippen LogP contribution in [0.3, 0.4) is 0 Å². The fourth-order valence-corrected chi connectivity index (χ4v) is 3.17. The second kappa shape index (κ2) is 16.3. The molecular weight excluding hydrogens is 514 g/mol. The largest absolute Gasteiger partial charge is 0.459 e. The Morgan fingerprint density at radius 1 is 0.737 bits per heavy atom. The van der Waals surface area contributed by atoms with E-state index in [0.717, 1.165) is 5.56 Å². The number of aryl methyl sites for hydroxylation is 1. The molecule has 4 N–H and O–H groups in total. The van der Waals surface area contributed by atoms with Gasteiger partial charge in [0.25, 0.3) is 0 Å². The van der Waals surface area contributed by atoms with Gasteiger partial charge < -0.3 is 30.6 Å². The third-order valence-corrected chi connectivity index (χ3v) is 5.16. The predicted octanol–water partition coefficient (Wildman–Crippen LogP) is 2.14. The molecule has 38 heavy (non-hydrogen) atoms. The average Bonchev–Trinajstić information content (AvgIpc) is 2.91. The first-order valence-electron chi connectivity index (χ1n) is 11.6. The summed E-state index contributed by atoms with van der Waals surface area (Å²) in [6.07, 6.45) is 0.608. The molecule has 0 aliphatic carbocycles. The van der Waals surface area contributed by atoms with Gasteiger partial charge in [-0.15, -0.1) is 0 Å². The summed E-state index contributed by atoms with van der Waals surface area (Å²) in [6.45, 7) is -8.74. The monoisotopic (exact) mass is 543 g/mol. The minimum Gasteiger partial charge on any atom is -0.459 e. The lowest BCUT2D eigenvalue weighted by Gasteiger charge is -2.23. The molecule has 3 atom stereocenters. The van der Waals surface area contributed by atoms with Crippen LogP contribution in [0.25, 0.3) is 0 Å². The van der Waals surface area contributed by atoms with Crippen LogP contribution in [0.15, 0.2) is 60.7 Å². The van der Waals surface area contributed by atoms with Gasteiger partial charge in [-0.25, -0.2) is 4.79 Å². The summed E-state index contributed by atoms with van der Waals surface area (Å²) in [5.41, 5.74) is 7.37. The zero-order chi connectivity index (χ0) is 27.9. The van der Waals surface area contributed by atoms with Gasteiger partial charge in [-0.1, -0.05) is 60.7 Å². The Kier molecular flexibility index (Phi) is 13.2. The first kappa shape index (κ1) is 30.7. The van der Waals surface area contributed by atoms with Crippen LogP contribution >= 0.6 is 0 Å². The van der Waals surface area contributed by atoms with Crippen molar-refractivity contribution < 1.29 is 46.2 Å². The number of nitrogens with two attached hydrogens (primary N) is 1. The van der Waals surface area contributed by atoms with E-state index in [1.807, 2.05) is 30.3 Å². The molecule has 0 saturated carbocycles. The first-order valence-corrected chi connectivity index (χ1v) is 11.6. The van der Waals surface area contributed by atoms with E-state index in [1.165, 1.54) is 0 Å². The molecule has 0 bridgehead atoms. The first-order chi connectivity index (χ1) is 18.2. The summed E-state index contributed by atoms with van der Waals surface area (Å²) in [5.74, 6) is -3.14. The SMILES string of the molecule is N[C@@H](CCc1ccccc1)C(=O)N[C@@H](COC(F)F)C(=O)N[C@@H](COC(F)F)C(=O)OCc1ccccc1. The van der Waals surface area contributed by atoms with E-state index in [4.69, 9.17) is 10.5 Å². The second-order valence-corrected chi connectivity index (χ2v) is 8.03. The molecule has 0 unspecified atom stereocenters. The van der Waals surface area contributed by atoms with Crippen molar-refractivity contribution in [1.82, 2.24) is 10.6 Å². The minimum atomic E-state index is -3.28. The Morgan fingerprint density at radius 3 is 1.79 bits per heavy atom. The Bertz CT molecular complexity index is 1000. The summed E-state index contributed by atoms with van der Waals surface area (Å²) >= 11 is 0. The quantitative estimate of drug-likeness (QED) is 0.219. The molecule has 0 aliphatic heterocycles. The molecule has 0 spiro atoms. The van der Waals surface area contributed by atoms with Gasteiger partial charge in [0.05, 0.1) is 19.3 Å². The number of hydrogen-bond acceptors (Lipinski definition) is 7. The number of hydrogen-bond donors (Lipinski definition) is 3. The molecule has 208 valence electrons. The minimum absolute atomic E-state index is 0.177. The van der Waals surface area contributed by atoms with Crippen LogP contribution in [0.4, 0.5) is 17.6 Å². The molecule has 2 aromatic carbocycles. The van der Waals surface area contributed by atoms with Gasteiger partial charge >= 0.3 is 19.2 Å². The molecule has 0 radical (unpaired) electrons. The van der Waals surface area contributed by atoms with Gasteiger partial charge in [-0.2, -0.15) is 17.6 Å². The Balaban J connectivity index is 2.03. The van der Waals surface area contributed by atoms with Crippen molar-refractivity contribution in [3.63, 3.8) is 0 Å². The normalized spacial score (nSPS) is 13.6. The lowest BCUT2D eigenvalue weighted by Crippen LogP contribution is -2.57. The van der Waals surface area contributed by atoms with E-state index in [1.54, 1.807) is 30.3 Å². The van der Waals surface area contributed by atoms with Gasteiger partial charge in [-0.3, -0.25) is 9.59 Å². The number of benzene rings is 2. The lowest BCUT2D eigenvalue weighted by atomic mass is 10.0. The summed E-state index contributed by atoms with van der Waals surface area (Å²) in [7, 11) is 0. The summed E-state index contributed by atoms with van der Waals surface area (Å²) in [4.78, 5) is 37.8. The van der Waals surface area contributed by atoms with Gasteiger partial charge in [0.1, 0.15) is 12.6 Å². The molecule has 0 aliphatic rings. The Labute approximate surface area is 216 Å². The highest BCUT2D eigenvalue weighted by atomic mass is 19.3. The number of alkyl halides is 4.